The van der Waals surface area contributed by atoms with Crippen LogP contribution in [-0.2, 0) is 0 Å². The molecule has 0 saturated heterocycles. The highest BCUT2D eigenvalue weighted by Crippen LogP contribution is 2.60. The molecule has 0 bridgehead atoms. The van der Waals surface area contributed by atoms with Gasteiger partial charge in [-0.2, -0.15) is 39.5 Å². The third kappa shape index (κ3) is 2.54. The molecule has 0 amide bonds. The summed E-state index contributed by atoms with van der Waals surface area (Å²) in [6.07, 6.45) is -6.92. The minimum Gasteiger partial charge on any atom is -0.217 e. The van der Waals surface area contributed by atoms with Crippen LogP contribution >= 0.6 is 34.2 Å². The van der Waals surface area contributed by atoms with Gasteiger partial charge in [0.2, 0.25) is 0 Å². The third-order valence-electron chi connectivity index (χ3n) is 1.50. The first kappa shape index (κ1) is 17.3. The van der Waals surface area contributed by atoms with Gasteiger partial charge in [0.15, 0.2) is 0 Å². The van der Waals surface area contributed by atoms with E-state index in [2.05, 4.69) is 11.6 Å². The van der Waals surface area contributed by atoms with Crippen LogP contribution in [0, 0.1) is 0 Å². The van der Waals surface area contributed by atoms with Gasteiger partial charge >= 0.3 is 27.1 Å². The Kier molecular flexibility index (Phi) is 4.25. The maximum absolute atomic E-state index is 12.8. The van der Waals surface area contributed by atoms with E-state index in [1.54, 1.807) is 0 Å². The van der Waals surface area contributed by atoms with Crippen molar-refractivity contribution in [3.8, 4) is 0 Å². The highest BCUT2D eigenvalue weighted by atomic mass is 127. The van der Waals surface area contributed by atoms with Crippen LogP contribution in [0.5, 0.6) is 0 Å². The van der Waals surface area contributed by atoms with Crippen LogP contribution in [0.1, 0.15) is 0 Å². The molecule has 12 heteroatoms. The fraction of sp³-hybridized carbons (Fsp3) is 1.00. The number of alkyl halides is 12. The van der Waals surface area contributed by atoms with Crippen molar-refractivity contribution in [2.75, 3.05) is 0 Å². The summed E-state index contributed by atoms with van der Waals surface area (Å²) in [4.78, 5) is 0. The molecule has 0 aromatic carbocycles. The van der Waals surface area contributed by atoms with Gasteiger partial charge in [0, 0.05) is 0 Å². The lowest BCUT2D eigenvalue weighted by molar-refractivity contribution is -0.376. The fourth-order valence-electron chi connectivity index (χ4n) is 0.553. The molecular formula is C5ClF10I. The number of hydrogen-bond donors (Lipinski definition) is 0. The van der Waals surface area contributed by atoms with Gasteiger partial charge in [-0.15, -0.1) is 0 Å². The van der Waals surface area contributed by atoms with Crippen molar-refractivity contribution >= 4 is 34.2 Å². The Morgan fingerprint density at radius 2 is 0.941 bits per heavy atom. The molecule has 0 aliphatic carbocycles. The highest BCUT2D eigenvalue weighted by Gasteiger charge is 2.85. The molecule has 0 aliphatic rings. The first-order valence-electron chi connectivity index (χ1n) is 3.27. The van der Waals surface area contributed by atoms with Gasteiger partial charge in [0.05, 0.1) is 0 Å². The average Bonchev–Trinajstić information content (AvgIpc) is 1.98. The zero-order valence-electron chi connectivity index (χ0n) is 7.04. The summed E-state index contributed by atoms with van der Waals surface area (Å²) in [6, 6.07) is 0. The second kappa shape index (κ2) is 4.17. The van der Waals surface area contributed by atoms with Crippen LogP contribution in [0.25, 0.3) is 0 Å². The predicted octanol–water partition coefficient (Wildman–Crippen LogP) is 4.75. The molecule has 0 fully saturated rings. The van der Waals surface area contributed by atoms with Crippen LogP contribution in [-0.4, -0.2) is 27.1 Å². The second-order valence-corrected chi connectivity index (χ2v) is 4.68. The van der Waals surface area contributed by atoms with Gasteiger partial charge in [-0.3, -0.25) is 0 Å². The largest absolute Gasteiger partial charge is 0.460 e. The van der Waals surface area contributed by atoms with Crippen LogP contribution < -0.4 is 0 Å². The first-order valence-corrected chi connectivity index (χ1v) is 4.72. The van der Waals surface area contributed by atoms with Crippen molar-refractivity contribution in [1.29, 1.82) is 0 Å². The van der Waals surface area contributed by atoms with E-state index in [4.69, 9.17) is 0 Å². The number of halogens is 12. The van der Waals surface area contributed by atoms with Gasteiger partial charge in [-0.05, 0) is 34.2 Å². The zero-order chi connectivity index (χ0) is 14.5. The first-order chi connectivity index (χ1) is 7.00. The molecule has 0 saturated carbocycles. The van der Waals surface area contributed by atoms with Crippen LogP contribution in [0.15, 0.2) is 0 Å². The Bertz CT molecular complexity index is 260. The standard InChI is InChI=1S/C5ClF10I/c6-4(12,13)3(11,17)1(7,8)2(9,10)5(14,15)16. The monoisotopic (exact) mass is 412 g/mol. The van der Waals surface area contributed by atoms with E-state index >= 15 is 0 Å². The zero-order valence-corrected chi connectivity index (χ0v) is 9.95. The lowest BCUT2D eigenvalue weighted by atomic mass is 10.1. The summed E-state index contributed by atoms with van der Waals surface area (Å²) < 4.78 is 116. The molecule has 1 unspecified atom stereocenters. The van der Waals surface area contributed by atoms with Crippen LogP contribution in [0.4, 0.5) is 43.9 Å². The molecule has 0 nitrogen and oxygen atoms in total. The van der Waals surface area contributed by atoms with Crippen molar-refractivity contribution in [2.45, 2.75) is 27.1 Å². The Balaban J connectivity index is 5.73. The number of rotatable bonds is 3. The average molecular weight is 412 g/mol. The summed E-state index contributed by atoms with van der Waals surface area (Å²) in [6.45, 7) is 0. The molecular weight excluding hydrogens is 412 g/mol. The molecule has 0 aromatic rings. The lowest BCUT2D eigenvalue weighted by Gasteiger charge is -2.36. The fourth-order valence-corrected chi connectivity index (χ4v) is 1.01. The van der Waals surface area contributed by atoms with E-state index in [1.165, 1.54) is 0 Å². The summed E-state index contributed by atoms with van der Waals surface area (Å²) in [7, 11) is 0. The maximum atomic E-state index is 12.8. The molecule has 0 N–H and O–H groups in total. The van der Waals surface area contributed by atoms with E-state index in [0.717, 1.165) is 0 Å². The van der Waals surface area contributed by atoms with Crippen molar-refractivity contribution in [1.82, 2.24) is 0 Å². The molecule has 0 rings (SSSR count). The van der Waals surface area contributed by atoms with Crippen LogP contribution in [0.2, 0.25) is 0 Å². The van der Waals surface area contributed by atoms with Gasteiger partial charge < -0.3 is 0 Å². The van der Waals surface area contributed by atoms with Gasteiger partial charge in [-0.1, -0.05) is 0 Å². The lowest BCUT2D eigenvalue weighted by Crippen LogP contribution is -2.64. The van der Waals surface area contributed by atoms with Crippen LogP contribution in [0.3, 0.4) is 0 Å². The Morgan fingerprint density at radius 3 is 1.12 bits per heavy atom. The van der Waals surface area contributed by atoms with E-state index in [1.807, 2.05) is 0 Å². The molecule has 104 valence electrons. The van der Waals surface area contributed by atoms with Gasteiger partial charge in [0.25, 0.3) is 0 Å². The molecule has 0 aromatic heterocycles. The molecule has 1 atom stereocenters. The Labute approximate surface area is 105 Å². The van der Waals surface area contributed by atoms with E-state index in [0.29, 0.717) is 0 Å². The van der Waals surface area contributed by atoms with Gasteiger partial charge in [-0.25, -0.2) is 4.39 Å². The topological polar surface area (TPSA) is 0 Å². The summed E-state index contributed by atoms with van der Waals surface area (Å²) in [5, 5.41) is -5.63. The predicted molar refractivity (Wildman–Crippen MR) is 44.6 cm³/mol. The molecule has 0 radical (unpaired) electrons. The Hall–Kier alpha value is 0.320. The molecule has 0 heterocycles. The van der Waals surface area contributed by atoms with Crippen molar-refractivity contribution in [3.63, 3.8) is 0 Å². The van der Waals surface area contributed by atoms with E-state index < -0.39 is 49.7 Å². The minimum absolute atomic E-state index is 0.588. The quantitative estimate of drug-likeness (QED) is 0.357. The summed E-state index contributed by atoms with van der Waals surface area (Å²) >= 11 is 3.18. The molecule has 0 spiro atoms. The smallest absolute Gasteiger partial charge is 0.217 e. The van der Waals surface area contributed by atoms with Crippen molar-refractivity contribution in [2.24, 2.45) is 0 Å². The second-order valence-electron chi connectivity index (χ2n) is 2.72. The normalized spacial score (nSPS) is 19.1. The summed E-state index contributed by atoms with van der Waals surface area (Å²) in [5.41, 5.74) is 0. The maximum Gasteiger partial charge on any atom is 0.460 e. The Morgan fingerprint density at radius 1 is 0.647 bits per heavy atom. The minimum atomic E-state index is -7.01. The van der Waals surface area contributed by atoms with Crippen molar-refractivity contribution < 1.29 is 43.9 Å². The summed E-state index contributed by atoms with van der Waals surface area (Å²) in [5.74, 6) is -13.8. The van der Waals surface area contributed by atoms with E-state index in [-0.39, 0.29) is 0 Å². The SMILES string of the molecule is FC(F)(F)C(F)(F)C(F)(F)C(F)(I)C(F)(F)Cl. The third-order valence-corrected chi connectivity index (χ3v) is 3.43. The molecule has 0 aliphatic heterocycles. The van der Waals surface area contributed by atoms with Gasteiger partial charge in [0.1, 0.15) is 0 Å². The molecule has 17 heavy (non-hydrogen) atoms. The van der Waals surface area contributed by atoms with E-state index in [9.17, 15) is 43.9 Å². The number of hydrogen-bond acceptors (Lipinski definition) is 0. The van der Waals surface area contributed by atoms with Crippen molar-refractivity contribution in [3.05, 3.63) is 0 Å². The highest BCUT2D eigenvalue weighted by molar-refractivity contribution is 14.1.